The average molecular weight is 188 g/mol. The smallest absolute Gasteiger partial charge is 0.143 e. The van der Waals surface area contributed by atoms with E-state index in [2.05, 4.69) is 6.92 Å². The number of hydrogen-bond acceptors (Lipinski definition) is 3. The lowest BCUT2D eigenvalue weighted by Gasteiger charge is -2.36. The highest BCUT2D eigenvalue weighted by Gasteiger charge is 2.51. The van der Waals surface area contributed by atoms with Gasteiger partial charge in [0.15, 0.2) is 0 Å². The molecule has 0 amide bonds. The van der Waals surface area contributed by atoms with E-state index in [0.717, 1.165) is 12.8 Å². The summed E-state index contributed by atoms with van der Waals surface area (Å²) in [5.41, 5.74) is 0. The lowest BCUT2D eigenvalue weighted by Crippen LogP contribution is -3.20. The molecule has 4 heteroatoms. The van der Waals surface area contributed by atoms with Crippen LogP contribution in [0.15, 0.2) is 0 Å². The molecule has 0 saturated carbocycles. The molecule has 76 valence electrons. The second-order valence-electron chi connectivity index (χ2n) is 4.41. The van der Waals surface area contributed by atoms with Gasteiger partial charge in [0.25, 0.3) is 0 Å². The maximum atomic E-state index is 9.69. The number of nitrogens with one attached hydrogen (secondary N) is 1. The zero-order valence-corrected chi connectivity index (χ0v) is 7.85. The monoisotopic (exact) mass is 188 g/mol. The summed E-state index contributed by atoms with van der Waals surface area (Å²) in [6.07, 6.45) is -0.118. The fraction of sp³-hybridized carbons (Fsp3) is 1.00. The fourth-order valence-electron chi connectivity index (χ4n) is 2.75. The minimum Gasteiger partial charge on any atom is -0.387 e. The number of piperidine rings is 1. The van der Waals surface area contributed by atoms with E-state index in [1.807, 2.05) is 0 Å². The molecule has 2 saturated heterocycles. The average Bonchev–Trinajstić information content (AvgIpc) is 2.38. The van der Waals surface area contributed by atoms with Crippen LogP contribution in [-0.4, -0.2) is 52.3 Å². The second-order valence-corrected chi connectivity index (χ2v) is 4.41. The first-order chi connectivity index (χ1) is 6.11. The van der Waals surface area contributed by atoms with Gasteiger partial charge in [0.05, 0.1) is 6.04 Å². The topological polar surface area (TPSA) is 65.1 Å². The van der Waals surface area contributed by atoms with Gasteiger partial charge >= 0.3 is 0 Å². The molecule has 0 aromatic rings. The Morgan fingerprint density at radius 1 is 1.08 bits per heavy atom. The Morgan fingerprint density at radius 2 is 1.77 bits per heavy atom. The number of fused-ring (bicyclic) bond motifs is 1. The Bertz CT molecular complexity index is 199. The quantitative estimate of drug-likeness (QED) is 0.340. The lowest BCUT2D eigenvalue weighted by molar-refractivity contribution is -0.946. The molecular formula is C9H18NO3+. The van der Waals surface area contributed by atoms with E-state index < -0.39 is 18.3 Å². The SMILES string of the molecule is CC1CC[C@@H](O)C2C(O)C(O)C[NH+]12. The van der Waals surface area contributed by atoms with Gasteiger partial charge in [0, 0.05) is 6.42 Å². The Balaban J connectivity index is 2.17. The van der Waals surface area contributed by atoms with E-state index in [1.54, 1.807) is 0 Å². The van der Waals surface area contributed by atoms with Crippen LogP contribution in [0.5, 0.6) is 0 Å². The minimum absolute atomic E-state index is 0.168. The molecule has 2 heterocycles. The van der Waals surface area contributed by atoms with Crippen molar-refractivity contribution in [2.45, 2.75) is 50.2 Å². The highest BCUT2D eigenvalue weighted by molar-refractivity contribution is 4.89. The van der Waals surface area contributed by atoms with Gasteiger partial charge in [-0.1, -0.05) is 0 Å². The van der Waals surface area contributed by atoms with Crippen molar-refractivity contribution in [2.24, 2.45) is 0 Å². The Hall–Kier alpha value is -0.160. The maximum Gasteiger partial charge on any atom is 0.143 e. The minimum atomic E-state index is -0.743. The summed E-state index contributed by atoms with van der Waals surface area (Å²) in [4.78, 5) is 1.17. The van der Waals surface area contributed by atoms with Crippen LogP contribution in [0.25, 0.3) is 0 Å². The van der Waals surface area contributed by atoms with Crippen LogP contribution < -0.4 is 4.90 Å². The Labute approximate surface area is 77.8 Å². The number of rotatable bonds is 0. The van der Waals surface area contributed by atoms with E-state index in [9.17, 15) is 15.3 Å². The van der Waals surface area contributed by atoms with E-state index in [0.29, 0.717) is 12.6 Å². The molecule has 13 heavy (non-hydrogen) atoms. The van der Waals surface area contributed by atoms with Crippen LogP contribution in [0.1, 0.15) is 19.8 Å². The highest BCUT2D eigenvalue weighted by Crippen LogP contribution is 2.17. The van der Waals surface area contributed by atoms with Crippen LogP contribution >= 0.6 is 0 Å². The molecule has 4 nitrogen and oxygen atoms in total. The summed E-state index contributed by atoms with van der Waals surface area (Å²) in [6.45, 7) is 2.68. The van der Waals surface area contributed by atoms with Crippen LogP contribution in [0.3, 0.4) is 0 Å². The van der Waals surface area contributed by atoms with Gasteiger partial charge in [-0.3, -0.25) is 0 Å². The predicted molar refractivity (Wildman–Crippen MR) is 46.3 cm³/mol. The molecule has 0 aromatic heterocycles. The molecule has 0 aromatic carbocycles. The van der Waals surface area contributed by atoms with E-state index in [-0.39, 0.29) is 6.04 Å². The molecule has 0 aliphatic carbocycles. The van der Waals surface area contributed by atoms with Gasteiger partial charge < -0.3 is 20.2 Å². The van der Waals surface area contributed by atoms with Gasteiger partial charge in [0.2, 0.25) is 0 Å². The van der Waals surface area contributed by atoms with Gasteiger partial charge in [-0.2, -0.15) is 0 Å². The Morgan fingerprint density at radius 3 is 2.38 bits per heavy atom. The van der Waals surface area contributed by atoms with Crippen LogP contribution in [0, 0.1) is 0 Å². The standard InChI is InChI=1S/C9H17NO3/c1-5-2-3-6(11)8-9(13)7(12)4-10(5)8/h5-9,11-13H,2-4H2,1H3/p+1/t5?,6-,7?,8?,9?/m1/s1. The second kappa shape index (κ2) is 3.20. The van der Waals surface area contributed by atoms with Gasteiger partial charge in [-0.15, -0.1) is 0 Å². The number of aliphatic hydroxyl groups is 3. The maximum absolute atomic E-state index is 9.69. The first-order valence-electron chi connectivity index (χ1n) is 5.01. The number of hydrogen-bond donors (Lipinski definition) is 4. The van der Waals surface area contributed by atoms with Crippen LogP contribution in [0.4, 0.5) is 0 Å². The summed E-state index contributed by atoms with van der Waals surface area (Å²) in [5.74, 6) is 0. The molecular weight excluding hydrogens is 170 g/mol. The normalized spacial score (nSPS) is 56.3. The highest BCUT2D eigenvalue weighted by atomic mass is 16.3. The summed E-state index contributed by atoms with van der Waals surface area (Å²) in [5, 5.41) is 28.8. The largest absolute Gasteiger partial charge is 0.387 e. The van der Waals surface area contributed by atoms with E-state index >= 15 is 0 Å². The summed E-state index contributed by atoms with van der Waals surface area (Å²) in [6, 6.07) is 0.277. The van der Waals surface area contributed by atoms with Crippen LogP contribution in [0.2, 0.25) is 0 Å². The van der Waals surface area contributed by atoms with Crippen molar-refractivity contribution < 1.29 is 20.2 Å². The van der Waals surface area contributed by atoms with Crippen molar-refractivity contribution in [3.8, 4) is 0 Å². The van der Waals surface area contributed by atoms with Crippen molar-refractivity contribution in [2.75, 3.05) is 6.54 Å². The number of quaternary nitrogens is 1. The van der Waals surface area contributed by atoms with E-state index in [4.69, 9.17) is 0 Å². The molecule has 0 radical (unpaired) electrons. The van der Waals surface area contributed by atoms with Crippen LogP contribution in [-0.2, 0) is 0 Å². The summed E-state index contributed by atoms with van der Waals surface area (Å²) in [7, 11) is 0. The molecule has 2 fully saturated rings. The van der Waals surface area contributed by atoms with Crippen molar-refractivity contribution in [1.82, 2.24) is 0 Å². The molecule has 0 bridgehead atoms. The molecule has 0 spiro atoms. The summed E-state index contributed by atoms with van der Waals surface area (Å²) >= 11 is 0. The Kier molecular flexibility index (Phi) is 2.32. The zero-order chi connectivity index (χ0) is 9.59. The predicted octanol–water partition coefficient (Wildman–Crippen LogP) is -2.48. The summed E-state index contributed by atoms with van der Waals surface area (Å²) < 4.78 is 0. The molecule has 2 aliphatic rings. The third-order valence-electron chi connectivity index (χ3n) is 3.58. The zero-order valence-electron chi connectivity index (χ0n) is 7.85. The van der Waals surface area contributed by atoms with Gasteiger partial charge in [-0.25, -0.2) is 0 Å². The number of aliphatic hydroxyl groups excluding tert-OH is 3. The third-order valence-corrected chi connectivity index (χ3v) is 3.58. The molecule has 6 atom stereocenters. The van der Waals surface area contributed by atoms with Gasteiger partial charge in [0.1, 0.15) is 30.9 Å². The third kappa shape index (κ3) is 1.38. The van der Waals surface area contributed by atoms with Gasteiger partial charge in [-0.05, 0) is 13.3 Å². The molecule has 5 unspecified atom stereocenters. The van der Waals surface area contributed by atoms with Crippen molar-refractivity contribution in [3.63, 3.8) is 0 Å². The molecule has 2 aliphatic heterocycles. The lowest BCUT2D eigenvalue weighted by atomic mass is 9.93. The first kappa shape index (κ1) is 9.40. The van der Waals surface area contributed by atoms with Crippen molar-refractivity contribution in [3.05, 3.63) is 0 Å². The molecule has 4 N–H and O–H groups in total. The fourth-order valence-corrected chi connectivity index (χ4v) is 2.75. The van der Waals surface area contributed by atoms with Crippen molar-refractivity contribution in [1.29, 1.82) is 0 Å². The van der Waals surface area contributed by atoms with Crippen molar-refractivity contribution >= 4 is 0 Å². The first-order valence-corrected chi connectivity index (χ1v) is 5.01. The molecule has 2 rings (SSSR count). The van der Waals surface area contributed by atoms with E-state index in [1.165, 1.54) is 4.90 Å².